The van der Waals surface area contributed by atoms with Crippen molar-refractivity contribution in [3.63, 3.8) is 0 Å². The van der Waals surface area contributed by atoms with Gasteiger partial charge in [-0.25, -0.2) is 4.98 Å². The van der Waals surface area contributed by atoms with E-state index in [-0.39, 0.29) is 5.56 Å². The second-order valence-corrected chi connectivity index (χ2v) is 7.68. The van der Waals surface area contributed by atoms with Gasteiger partial charge in [0.05, 0.1) is 5.69 Å². The molecule has 0 radical (unpaired) electrons. The molecule has 3 aromatic rings. The minimum absolute atomic E-state index is 0.00829. The molecule has 160 valence electrons. The largest absolute Gasteiger partial charge is 0.369 e. The van der Waals surface area contributed by atoms with Gasteiger partial charge in [-0.2, -0.15) is 0 Å². The van der Waals surface area contributed by atoms with Crippen LogP contribution < -0.4 is 21.1 Å². The molecule has 1 fully saturated rings. The van der Waals surface area contributed by atoms with Gasteiger partial charge in [-0.1, -0.05) is 6.07 Å². The van der Waals surface area contributed by atoms with Crippen LogP contribution in [0.3, 0.4) is 0 Å². The number of H-pyrrole nitrogens is 1. The van der Waals surface area contributed by atoms with Crippen molar-refractivity contribution in [2.75, 3.05) is 48.8 Å². The molecular formula is C23H26N6O2. The third-order valence-corrected chi connectivity index (χ3v) is 5.33. The van der Waals surface area contributed by atoms with Crippen molar-refractivity contribution in [3.05, 3.63) is 76.3 Å². The van der Waals surface area contributed by atoms with Gasteiger partial charge in [-0.3, -0.25) is 9.59 Å². The number of hydrogen-bond acceptors (Lipinski definition) is 6. The first-order valence-corrected chi connectivity index (χ1v) is 10.3. The van der Waals surface area contributed by atoms with Gasteiger partial charge < -0.3 is 25.4 Å². The molecule has 1 amide bonds. The maximum absolute atomic E-state index is 12.9. The van der Waals surface area contributed by atoms with Crippen LogP contribution in [0.15, 0.2) is 59.5 Å². The highest BCUT2D eigenvalue weighted by atomic mass is 16.2. The van der Waals surface area contributed by atoms with E-state index in [9.17, 15) is 9.59 Å². The maximum Gasteiger partial charge on any atom is 0.263 e. The van der Waals surface area contributed by atoms with Crippen molar-refractivity contribution in [1.82, 2.24) is 14.9 Å². The van der Waals surface area contributed by atoms with E-state index in [1.54, 1.807) is 12.1 Å². The van der Waals surface area contributed by atoms with Crippen LogP contribution in [0.4, 0.5) is 22.9 Å². The van der Waals surface area contributed by atoms with E-state index in [1.165, 1.54) is 6.20 Å². The zero-order valence-electron chi connectivity index (χ0n) is 17.7. The van der Waals surface area contributed by atoms with Gasteiger partial charge in [-0.05, 0) is 56.4 Å². The normalized spacial score (nSPS) is 14.3. The zero-order chi connectivity index (χ0) is 21.8. The van der Waals surface area contributed by atoms with Crippen molar-refractivity contribution in [3.8, 4) is 0 Å². The summed E-state index contributed by atoms with van der Waals surface area (Å²) in [5.74, 6) is 0.0838. The summed E-state index contributed by atoms with van der Waals surface area (Å²) < 4.78 is 0. The predicted octanol–water partition coefficient (Wildman–Crippen LogP) is 2.83. The number of carbonyl (C=O) groups is 1. The summed E-state index contributed by atoms with van der Waals surface area (Å²) in [6.45, 7) is 5.89. The maximum atomic E-state index is 12.9. The smallest absolute Gasteiger partial charge is 0.263 e. The van der Waals surface area contributed by atoms with E-state index in [0.29, 0.717) is 17.2 Å². The summed E-state index contributed by atoms with van der Waals surface area (Å²) in [5.41, 5.74) is 2.52. The van der Waals surface area contributed by atoms with Crippen LogP contribution in [0.25, 0.3) is 0 Å². The number of aromatic nitrogens is 2. The minimum Gasteiger partial charge on any atom is -0.369 e. The van der Waals surface area contributed by atoms with Crippen LogP contribution in [0.2, 0.25) is 0 Å². The molecular weight excluding hydrogens is 392 g/mol. The number of nitrogens with zero attached hydrogens (tertiary/aromatic N) is 3. The third kappa shape index (κ3) is 4.92. The summed E-state index contributed by atoms with van der Waals surface area (Å²) in [6.07, 6.45) is 1.50. The van der Waals surface area contributed by atoms with Crippen molar-refractivity contribution in [2.24, 2.45) is 0 Å². The lowest BCUT2D eigenvalue weighted by Gasteiger charge is -2.34. The molecule has 4 rings (SSSR count). The predicted molar refractivity (Wildman–Crippen MR) is 123 cm³/mol. The highest BCUT2D eigenvalue weighted by molar-refractivity contribution is 6.08. The Morgan fingerprint density at radius 1 is 1.03 bits per heavy atom. The number of benzene rings is 1. The van der Waals surface area contributed by atoms with Crippen LogP contribution in [0, 0.1) is 6.92 Å². The number of piperazine rings is 1. The zero-order valence-corrected chi connectivity index (χ0v) is 17.7. The second-order valence-electron chi connectivity index (χ2n) is 7.68. The van der Waals surface area contributed by atoms with Crippen LogP contribution in [-0.4, -0.2) is 54.0 Å². The van der Waals surface area contributed by atoms with Gasteiger partial charge in [0, 0.05) is 49.4 Å². The lowest BCUT2D eigenvalue weighted by molar-refractivity contribution is 0.102. The standard InChI is InChI=1S/C23H26N6O2/c1-16-4-3-5-20(25-16)27-19-10-11-24-22(30)21(19)23(31)26-17-6-8-18(9-7-17)29-14-12-28(2)13-15-29/h3-11H,12-15H2,1-2H3,(H,26,31)(H2,24,25,27,30). The summed E-state index contributed by atoms with van der Waals surface area (Å²) in [4.78, 5) is 36.9. The van der Waals surface area contributed by atoms with Crippen molar-refractivity contribution < 1.29 is 4.79 Å². The summed E-state index contributed by atoms with van der Waals surface area (Å²) in [6, 6.07) is 14.9. The van der Waals surface area contributed by atoms with Gasteiger partial charge in [0.25, 0.3) is 11.5 Å². The molecule has 0 atom stereocenters. The number of aryl methyl sites for hydroxylation is 1. The van der Waals surface area contributed by atoms with Gasteiger partial charge in [0.2, 0.25) is 0 Å². The molecule has 8 heteroatoms. The second kappa shape index (κ2) is 9.01. The lowest BCUT2D eigenvalue weighted by Crippen LogP contribution is -2.44. The Kier molecular flexibility index (Phi) is 5.99. The summed E-state index contributed by atoms with van der Waals surface area (Å²) in [5, 5.41) is 5.90. The van der Waals surface area contributed by atoms with Crippen LogP contribution in [0.1, 0.15) is 16.1 Å². The first-order chi connectivity index (χ1) is 15.0. The lowest BCUT2D eigenvalue weighted by atomic mass is 10.2. The SMILES string of the molecule is Cc1cccc(Nc2cc[nH]c(=O)c2C(=O)Nc2ccc(N3CCN(C)CC3)cc2)n1. The van der Waals surface area contributed by atoms with Gasteiger partial charge in [0.15, 0.2) is 0 Å². The number of anilines is 4. The van der Waals surface area contributed by atoms with E-state index in [1.807, 2.05) is 43.3 Å². The Morgan fingerprint density at radius 3 is 2.48 bits per heavy atom. The Hall–Kier alpha value is -3.65. The molecule has 0 saturated carbocycles. The fraction of sp³-hybridized carbons (Fsp3) is 0.261. The van der Waals surface area contributed by atoms with Gasteiger partial charge >= 0.3 is 0 Å². The molecule has 3 N–H and O–H groups in total. The van der Waals surface area contributed by atoms with Crippen LogP contribution >= 0.6 is 0 Å². The molecule has 1 aliphatic rings. The van der Waals surface area contributed by atoms with Crippen LogP contribution in [0.5, 0.6) is 0 Å². The fourth-order valence-electron chi connectivity index (χ4n) is 3.57. The molecule has 0 bridgehead atoms. The highest BCUT2D eigenvalue weighted by Crippen LogP contribution is 2.21. The fourth-order valence-corrected chi connectivity index (χ4v) is 3.57. The number of rotatable bonds is 5. The number of hydrogen-bond donors (Lipinski definition) is 3. The highest BCUT2D eigenvalue weighted by Gasteiger charge is 2.18. The quantitative estimate of drug-likeness (QED) is 0.590. The average molecular weight is 419 g/mol. The Labute approximate surface area is 180 Å². The summed E-state index contributed by atoms with van der Waals surface area (Å²) in [7, 11) is 2.12. The third-order valence-electron chi connectivity index (χ3n) is 5.33. The number of pyridine rings is 2. The monoisotopic (exact) mass is 418 g/mol. The molecule has 1 saturated heterocycles. The van der Waals surface area contributed by atoms with Crippen LogP contribution in [-0.2, 0) is 0 Å². The Balaban J connectivity index is 1.50. The van der Waals surface area contributed by atoms with E-state index in [0.717, 1.165) is 37.6 Å². The topological polar surface area (TPSA) is 93.4 Å². The summed E-state index contributed by atoms with van der Waals surface area (Å²) >= 11 is 0. The van der Waals surface area contributed by atoms with Gasteiger partial charge in [0.1, 0.15) is 11.4 Å². The first-order valence-electron chi connectivity index (χ1n) is 10.3. The van der Waals surface area contributed by atoms with E-state index < -0.39 is 11.5 Å². The molecule has 1 aliphatic heterocycles. The van der Waals surface area contributed by atoms with E-state index >= 15 is 0 Å². The molecule has 8 nitrogen and oxygen atoms in total. The first kappa shape index (κ1) is 20.6. The average Bonchev–Trinajstić information content (AvgIpc) is 2.75. The number of nitrogens with one attached hydrogen (secondary N) is 3. The number of aromatic amines is 1. The van der Waals surface area contributed by atoms with E-state index in [2.05, 4.69) is 37.4 Å². The number of amides is 1. The molecule has 3 heterocycles. The number of likely N-dealkylation sites (N-methyl/N-ethyl adjacent to an activating group) is 1. The minimum atomic E-state index is -0.482. The van der Waals surface area contributed by atoms with E-state index in [4.69, 9.17) is 0 Å². The Bertz CT molecular complexity index is 1120. The molecule has 0 aliphatic carbocycles. The Morgan fingerprint density at radius 2 is 1.77 bits per heavy atom. The molecule has 0 unspecified atom stereocenters. The van der Waals surface area contributed by atoms with Crippen molar-refractivity contribution >= 4 is 28.8 Å². The number of carbonyl (C=O) groups excluding carboxylic acids is 1. The van der Waals surface area contributed by atoms with Gasteiger partial charge in [-0.15, -0.1) is 0 Å². The molecule has 1 aromatic carbocycles. The molecule has 2 aromatic heterocycles. The molecule has 0 spiro atoms. The van der Waals surface area contributed by atoms with Crippen molar-refractivity contribution in [1.29, 1.82) is 0 Å². The molecule has 31 heavy (non-hydrogen) atoms. The van der Waals surface area contributed by atoms with Crippen molar-refractivity contribution in [2.45, 2.75) is 6.92 Å².